The van der Waals surface area contributed by atoms with E-state index in [1.165, 1.54) is 19.3 Å². The third-order valence-corrected chi connectivity index (χ3v) is 14.2. The molecule has 10 rings (SSSR count). The van der Waals surface area contributed by atoms with E-state index in [0.717, 1.165) is 42.4 Å². The van der Waals surface area contributed by atoms with Crippen LogP contribution in [0.3, 0.4) is 0 Å². The number of carbonyl (C=O) groups is 4. The van der Waals surface area contributed by atoms with Crippen LogP contribution in [0.5, 0.6) is 0 Å². The van der Waals surface area contributed by atoms with Crippen LogP contribution in [0.2, 0.25) is 5.02 Å². The third kappa shape index (κ3) is 11.4. The molecule has 3 aliphatic carbocycles. The zero-order valence-corrected chi connectivity index (χ0v) is 44.6. The van der Waals surface area contributed by atoms with E-state index in [2.05, 4.69) is 47.0 Å². The first-order valence-corrected chi connectivity index (χ1v) is 26.3. The highest BCUT2D eigenvalue weighted by molar-refractivity contribution is 6.31. The number of rotatable bonds is 16. The van der Waals surface area contributed by atoms with E-state index in [-0.39, 0.29) is 41.7 Å². The third-order valence-electron chi connectivity index (χ3n) is 14.0. The second kappa shape index (κ2) is 22.1. The van der Waals surface area contributed by atoms with Crippen molar-refractivity contribution in [2.24, 2.45) is 17.8 Å². The molecule has 4 atom stereocenters. The molecule has 0 saturated heterocycles. The lowest BCUT2D eigenvalue weighted by Gasteiger charge is -2.48. The van der Waals surface area contributed by atoms with Gasteiger partial charge in [-0.15, -0.1) is 0 Å². The maximum atomic E-state index is 16.3. The number of carbonyl (C=O) groups excluding carboxylic acids is 4. The van der Waals surface area contributed by atoms with Gasteiger partial charge < -0.3 is 34.1 Å². The van der Waals surface area contributed by atoms with Crippen molar-refractivity contribution in [1.82, 2.24) is 39.9 Å². The number of halogens is 2. The molecular formula is C58H64ClFN8O8. The SMILES string of the molecule is CC(OC(=O)[C@H](CCCCNC(=O)OC(C)(C)C)NC(=O)OC(C)(C)C)OC(=O)[C@H]1C2CCC(CC2)[C@@H]1n1cc(F)c2cnc(-c3nn(C(c4ccccc4)(c4ccccc4)c4ccccc4)c4ncc(Cl)cc34)nc21. The Morgan fingerprint density at radius 3 is 1.91 bits per heavy atom. The summed E-state index contributed by atoms with van der Waals surface area (Å²) in [7, 11) is 0. The van der Waals surface area contributed by atoms with E-state index < -0.39 is 71.0 Å². The van der Waals surface area contributed by atoms with Crippen LogP contribution < -0.4 is 10.6 Å². The van der Waals surface area contributed by atoms with Crippen LogP contribution in [0, 0.1) is 23.6 Å². The van der Waals surface area contributed by atoms with Crippen molar-refractivity contribution in [3.05, 3.63) is 143 Å². The normalized spacial score (nSPS) is 18.4. The predicted octanol–water partition coefficient (Wildman–Crippen LogP) is 11.5. The van der Waals surface area contributed by atoms with Crippen molar-refractivity contribution in [2.75, 3.05) is 6.54 Å². The lowest BCUT2D eigenvalue weighted by Crippen LogP contribution is -2.47. The number of nitrogens with one attached hydrogen (secondary N) is 2. The topological polar surface area (TPSA) is 191 Å². The Morgan fingerprint density at radius 2 is 1.32 bits per heavy atom. The Hall–Kier alpha value is -7.40. The number of fused-ring (bicyclic) bond motifs is 5. The summed E-state index contributed by atoms with van der Waals surface area (Å²) in [5.41, 5.74) is 1.32. The summed E-state index contributed by atoms with van der Waals surface area (Å²) >= 11 is 6.73. The highest BCUT2D eigenvalue weighted by atomic mass is 35.5. The fraction of sp³-hybridized carbons (Fsp3) is 0.414. The lowest BCUT2D eigenvalue weighted by atomic mass is 9.61. The van der Waals surface area contributed by atoms with E-state index in [4.69, 9.17) is 50.6 Å². The molecular weight excluding hydrogens is 991 g/mol. The number of nitrogens with zero attached hydrogens (tertiary/aromatic N) is 6. The van der Waals surface area contributed by atoms with Gasteiger partial charge in [-0.2, -0.15) is 5.10 Å². The van der Waals surface area contributed by atoms with Gasteiger partial charge in [-0.25, -0.2) is 38.4 Å². The smallest absolute Gasteiger partial charge is 0.408 e. The van der Waals surface area contributed by atoms with Gasteiger partial charge >= 0.3 is 24.1 Å². The van der Waals surface area contributed by atoms with Gasteiger partial charge in [0.05, 0.1) is 27.8 Å². The zero-order valence-electron chi connectivity index (χ0n) is 43.8. The molecule has 18 heteroatoms. The van der Waals surface area contributed by atoms with E-state index in [0.29, 0.717) is 34.6 Å². The van der Waals surface area contributed by atoms with Crippen molar-refractivity contribution in [3.63, 3.8) is 0 Å². The molecule has 3 saturated carbocycles. The molecule has 16 nitrogen and oxygen atoms in total. The van der Waals surface area contributed by atoms with Crippen LogP contribution in [-0.4, -0.2) is 83.5 Å². The summed E-state index contributed by atoms with van der Waals surface area (Å²) < 4.78 is 42.4. The van der Waals surface area contributed by atoms with Gasteiger partial charge in [-0.05, 0) is 121 Å². The molecule has 7 aromatic rings. The molecule has 2 bridgehead atoms. The van der Waals surface area contributed by atoms with Crippen LogP contribution in [0.25, 0.3) is 33.6 Å². The van der Waals surface area contributed by atoms with Gasteiger partial charge in [-0.1, -0.05) is 103 Å². The maximum Gasteiger partial charge on any atom is 0.408 e. The molecule has 3 fully saturated rings. The van der Waals surface area contributed by atoms with Crippen LogP contribution in [0.4, 0.5) is 14.0 Å². The van der Waals surface area contributed by atoms with E-state index >= 15 is 4.39 Å². The van der Waals surface area contributed by atoms with Gasteiger partial charge in [0.25, 0.3) is 0 Å². The summed E-state index contributed by atoms with van der Waals surface area (Å²) in [6.45, 7) is 12.1. The molecule has 4 heterocycles. The molecule has 2 amide bonds. The van der Waals surface area contributed by atoms with Crippen LogP contribution in [0.1, 0.15) is 116 Å². The van der Waals surface area contributed by atoms with Crippen molar-refractivity contribution in [2.45, 2.75) is 129 Å². The number of pyridine rings is 1. The van der Waals surface area contributed by atoms with Gasteiger partial charge in [0, 0.05) is 32.1 Å². The Balaban J connectivity index is 1.02. The second-order valence-electron chi connectivity index (χ2n) is 21.7. The fourth-order valence-corrected chi connectivity index (χ4v) is 11.1. The molecule has 1 unspecified atom stereocenters. The first-order valence-electron chi connectivity index (χ1n) is 25.9. The van der Waals surface area contributed by atoms with Crippen molar-refractivity contribution in [3.8, 4) is 11.5 Å². The molecule has 0 radical (unpaired) electrons. The minimum absolute atomic E-state index is 0.0349. The van der Waals surface area contributed by atoms with Crippen LogP contribution in [0.15, 0.2) is 116 Å². The van der Waals surface area contributed by atoms with E-state index in [9.17, 15) is 19.2 Å². The molecule has 0 aliphatic heterocycles. The quantitative estimate of drug-likeness (QED) is 0.0307. The number of unbranched alkanes of at least 4 members (excludes halogenated alkanes) is 1. The summed E-state index contributed by atoms with van der Waals surface area (Å²) in [5, 5.41) is 11.8. The number of ether oxygens (including phenoxy) is 4. The number of esters is 2. The maximum absolute atomic E-state index is 16.3. The highest BCUT2D eigenvalue weighted by Crippen LogP contribution is 2.53. The van der Waals surface area contributed by atoms with Gasteiger partial charge in [0.2, 0.25) is 6.29 Å². The zero-order chi connectivity index (χ0) is 53.9. The van der Waals surface area contributed by atoms with Crippen molar-refractivity contribution < 1.29 is 42.5 Å². The summed E-state index contributed by atoms with van der Waals surface area (Å²) in [6, 6.07) is 30.2. The van der Waals surface area contributed by atoms with E-state index in [1.54, 1.807) is 58.4 Å². The summed E-state index contributed by atoms with van der Waals surface area (Å²) in [6.07, 6.45) is 5.76. The summed E-state index contributed by atoms with van der Waals surface area (Å²) in [4.78, 5) is 68.2. The Kier molecular flexibility index (Phi) is 15.5. The number of amides is 2. The molecule has 3 aromatic carbocycles. The number of hydrogen-bond acceptors (Lipinski definition) is 12. The molecule has 4 aromatic heterocycles. The number of benzene rings is 3. The lowest BCUT2D eigenvalue weighted by molar-refractivity contribution is -0.194. The minimum atomic E-state index is -1.36. The Bertz CT molecular complexity index is 3110. The predicted molar refractivity (Wildman–Crippen MR) is 284 cm³/mol. The average molecular weight is 1060 g/mol. The molecule has 0 spiro atoms. The fourth-order valence-electron chi connectivity index (χ4n) is 11.0. The first-order chi connectivity index (χ1) is 36.3. The van der Waals surface area contributed by atoms with E-state index in [1.807, 2.05) is 59.3 Å². The number of aromatic nitrogens is 6. The molecule has 398 valence electrons. The number of alkyl carbamates (subject to hydrolysis) is 2. The van der Waals surface area contributed by atoms with Gasteiger partial charge in [0.1, 0.15) is 34.1 Å². The first kappa shape index (κ1) is 53.4. The van der Waals surface area contributed by atoms with Gasteiger partial charge in [0.15, 0.2) is 17.3 Å². The highest BCUT2D eigenvalue weighted by Gasteiger charge is 2.50. The minimum Gasteiger partial charge on any atom is -0.444 e. The second-order valence-corrected chi connectivity index (χ2v) is 22.1. The molecule has 76 heavy (non-hydrogen) atoms. The van der Waals surface area contributed by atoms with Crippen molar-refractivity contribution in [1.29, 1.82) is 0 Å². The van der Waals surface area contributed by atoms with Crippen molar-refractivity contribution >= 4 is 57.8 Å². The Morgan fingerprint density at radius 1 is 0.737 bits per heavy atom. The Labute approximate surface area is 446 Å². The molecule has 2 N–H and O–H groups in total. The molecule has 3 aliphatic rings. The average Bonchev–Trinajstić information content (AvgIpc) is 4.11. The standard InChI is InChI=1S/C58H64ClFN8O8/c1-35(73-52(69)45(64-55(72)76-57(5,6)7)25-17-18-30-61-54(71)75-56(2,3)4)74-53(70)46-36-26-28-37(29-27-36)48(46)67-34-44(60)43-33-62-49(65-51(43)67)47-42-31-41(59)32-63-50(42)68(66-47)58(38-19-11-8-12-20-38,39-21-13-9-14-22-39)40-23-15-10-16-24-40/h8-16,19-24,31-37,45-46,48H,17-18,25-30H2,1-7H3,(H,61,71)(H,64,72)/t35?,36?,37?,45-,46-,48-/m0/s1. The number of hydrogen-bond donors (Lipinski definition) is 2. The largest absolute Gasteiger partial charge is 0.444 e. The van der Waals surface area contributed by atoms with Crippen LogP contribution >= 0.6 is 11.6 Å². The van der Waals surface area contributed by atoms with Crippen LogP contribution in [-0.2, 0) is 34.1 Å². The monoisotopic (exact) mass is 1050 g/mol. The van der Waals surface area contributed by atoms with Gasteiger partial charge in [-0.3, -0.25) is 4.79 Å². The summed E-state index contributed by atoms with van der Waals surface area (Å²) in [5.74, 6) is -2.71.